The number of hydrogen-bond acceptors (Lipinski definition) is 2. The molecule has 17 heavy (non-hydrogen) atoms. The molecule has 0 aromatic rings. The standard InChI is InChI=1S/C15H31NO/c1-5-15(4,12-16-13(2)3)10-6-8-14-9-7-11-17-14/h13-14,16H,5-12H2,1-4H3. The van der Waals surface area contributed by atoms with Crippen LogP contribution in [0, 0.1) is 5.41 Å². The molecule has 1 heterocycles. The first-order valence-electron chi connectivity index (χ1n) is 7.41. The average Bonchev–Trinajstić information content (AvgIpc) is 2.79. The lowest BCUT2D eigenvalue weighted by molar-refractivity contribution is 0.0975. The minimum atomic E-state index is 0.461. The molecule has 0 amide bonds. The lowest BCUT2D eigenvalue weighted by Crippen LogP contribution is -2.35. The van der Waals surface area contributed by atoms with Crippen molar-refractivity contribution in [3.8, 4) is 0 Å². The maximum atomic E-state index is 5.68. The first kappa shape index (κ1) is 15.0. The van der Waals surface area contributed by atoms with Crippen LogP contribution >= 0.6 is 0 Å². The van der Waals surface area contributed by atoms with Crippen molar-refractivity contribution in [2.75, 3.05) is 13.2 Å². The zero-order valence-corrected chi connectivity index (χ0v) is 12.2. The van der Waals surface area contributed by atoms with E-state index in [9.17, 15) is 0 Å². The lowest BCUT2D eigenvalue weighted by Gasteiger charge is -2.30. The summed E-state index contributed by atoms with van der Waals surface area (Å²) in [5, 5.41) is 3.58. The Bertz CT molecular complexity index is 199. The molecular formula is C15H31NO. The molecule has 1 saturated heterocycles. The topological polar surface area (TPSA) is 21.3 Å². The maximum absolute atomic E-state index is 5.68. The van der Waals surface area contributed by atoms with Gasteiger partial charge in [-0.05, 0) is 37.5 Å². The summed E-state index contributed by atoms with van der Waals surface area (Å²) in [4.78, 5) is 0. The van der Waals surface area contributed by atoms with E-state index < -0.39 is 0 Å². The van der Waals surface area contributed by atoms with Gasteiger partial charge in [0.25, 0.3) is 0 Å². The Hall–Kier alpha value is -0.0800. The molecule has 102 valence electrons. The fourth-order valence-corrected chi connectivity index (χ4v) is 2.47. The fourth-order valence-electron chi connectivity index (χ4n) is 2.47. The monoisotopic (exact) mass is 241 g/mol. The van der Waals surface area contributed by atoms with Crippen molar-refractivity contribution in [3.63, 3.8) is 0 Å². The van der Waals surface area contributed by atoms with E-state index in [1.165, 1.54) is 38.5 Å². The molecule has 0 aromatic heterocycles. The van der Waals surface area contributed by atoms with E-state index in [0.717, 1.165) is 13.2 Å². The minimum Gasteiger partial charge on any atom is -0.378 e. The van der Waals surface area contributed by atoms with Crippen LogP contribution < -0.4 is 5.32 Å². The number of nitrogens with one attached hydrogen (secondary N) is 1. The quantitative estimate of drug-likeness (QED) is 0.699. The van der Waals surface area contributed by atoms with E-state index in [0.29, 0.717) is 17.6 Å². The molecule has 0 aromatic carbocycles. The number of rotatable bonds is 8. The van der Waals surface area contributed by atoms with Crippen LogP contribution in [-0.2, 0) is 4.74 Å². The smallest absolute Gasteiger partial charge is 0.0576 e. The number of hydrogen-bond donors (Lipinski definition) is 1. The SMILES string of the molecule is CCC(C)(CCCC1CCCO1)CNC(C)C. The van der Waals surface area contributed by atoms with E-state index in [1.54, 1.807) is 0 Å². The van der Waals surface area contributed by atoms with Gasteiger partial charge in [-0.3, -0.25) is 0 Å². The molecule has 1 N–H and O–H groups in total. The van der Waals surface area contributed by atoms with Crippen LogP contribution in [0.4, 0.5) is 0 Å². The largest absolute Gasteiger partial charge is 0.378 e. The van der Waals surface area contributed by atoms with Gasteiger partial charge in [-0.15, -0.1) is 0 Å². The van der Waals surface area contributed by atoms with Gasteiger partial charge < -0.3 is 10.1 Å². The molecule has 2 nitrogen and oxygen atoms in total. The van der Waals surface area contributed by atoms with Crippen LogP contribution in [-0.4, -0.2) is 25.3 Å². The van der Waals surface area contributed by atoms with Crippen LogP contribution in [0.25, 0.3) is 0 Å². The van der Waals surface area contributed by atoms with Crippen molar-refractivity contribution < 1.29 is 4.74 Å². The Morgan fingerprint density at radius 1 is 1.41 bits per heavy atom. The highest BCUT2D eigenvalue weighted by atomic mass is 16.5. The molecule has 2 atom stereocenters. The van der Waals surface area contributed by atoms with Gasteiger partial charge in [0.15, 0.2) is 0 Å². The molecule has 1 rings (SSSR count). The van der Waals surface area contributed by atoms with Crippen molar-refractivity contribution in [2.24, 2.45) is 5.41 Å². The molecule has 0 bridgehead atoms. The van der Waals surface area contributed by atoms with Crippen molar-refractivity contribution in [2.45, 2.75) is 78.4 Å². The lowest BCUT2D eigenvalue weighted by atomic mass is 9.81. The molecule has 1 aliphatic rings. The second-order valence-electron chi connectivity index (χ2n) is 6.23. The second-order valence-corrected chi connectivity index (χ2v) is 6.23. The van der Waals surface area contributed by atoms with Gasteiger partial charge in [0.05, 0.1) is 6.10 Å². The van der Waals surface area contributed by atoms with Crippen molar-refractivity contribution in [3.05, 3.63) is 0 Å². The van der Waals surface area contributed by atoms with Crippen LogP contribution in [0.3, 0.4) is 0 Å². The average molecular weight is 241 g/mol. The van der Waals surface area contributed by atoms with Crippen molar-refractivity contribution in [1.82, 2.24) is 5.32 Å². The summed E-state index contributed by atoms with van der Waals surface area (Å²) in [5.74, 6) is 0. The third-order valence-electron chi connectivity index (χ3n) is 4.12. The summed E-state index contributed by atoms with van der Waals surface area (Å²) < 4.78 is 5.68. The normalized spacial score (nSPS) is 24.2. The van der Waals surface area contributed by atoms with Crippen LogP contribution in [0.5, 0.6) is 0 Å². The zero-order valence-electron chi connectivity index (χ0n) is 12.2. The summed E-state index contributed by atoms with van der Waals surface area (Å²) in [7, 11) is 0. The third-order valence-corrected chi connectivity index (χ3v) is 4.12. The van der Waals surface area contributed by atoms with Crippen LogP contribution in [0.1, 0.15) is 66.2 Å². The minimum absolute atomic E-state index is 0.461. The van der Waals surface area contributed by atoms with E-state index in [-0.39, 0.29) is 0 Å². The molecule has 0 aliphatic carbocycles. The Balaban J connectivity index is 2.19. The Morgan fingerprint density at radius 2 is 2.18 bits per heavy atom. The molecule has 0 saturated carbocycles. The molecule has 2 unspecified atom stereocenters. The predicted molar refractivity (Wildman–Crippen MR) is 74.4 cm³/mol. The second kappa shape index (κ2) is 7.38. The predicted octanol–water partition coefficient (Wildman–Crippen LogP) is 3.75. The summed E-state index contributed by atoms with van der Waals surface area (Å²) in [6.07, 6.45) is 8.28. The molecule has 2 heteroatoms. The maximum Gasteiger partial charge on any atom is 0.0576 e. The van der Waals surface area contributed by atoms with E-state index >= 15 is 0 Å². The summed E-state index contributed by atoms with van der Waals surface area (Å²) in [6, 6.07) is 0.596. The Kier molecular flexibility index (Phi) is 6.50. The molecular weight excluding hydrogens is 210 g/mol. The van der Waals surface area contributed by atoms with E-state index in [2.05, 4.69) is 33.0 Å². The molecule has 1 fully saturated rings. The van der Waals surface area contributed by atoms with Gasteiger partial charge >= 0.3 is 0 Å². The molecule has 0 radical (unpaired) electrons. The Morgan fingerprint density at radius 3 is 2.71 bits per heavy atom. The highest BCUT2D eigenvalue weighted by Gasteiger charge is 2.23. The van der Waals surface area contributed by atoms with Gasteiger partial charge in [-0.1, -0.05) is 34.1 Å². The Labute approximate surface area is 108 Å². The van der Waals surface area contributed by atoms with Gasteiger partial charge in [-0.2, -0.15) is 0 Å². The van der Waals surface area contributed by atoms with E-state index in [1.807, 2.05) is 0 Å². The van der Waals surface area contributed by atoms with Crippen LogP contribution in [0.2, 0.25) is 0 Å². The van der Waals surface area contributed by atoms with Gasteiger partial charge in [0, 0.05) is 19.2 Å². The van der Waals surface area contributed by atoms with Crippen LogP contribution in [0.15, 0.2) is 0 Å². The van der Waals surface area contributed by atoms with Gasteiger partial charge in [0.2, 0.25) is 0 Å². The zero-order chi connectivity index (χ0) is 12.7. The fraction of sp³-hybridized carbons (Fsp3) is 1.00. The third kappa shape index (κ3) is 5.87. The van der Waals surface area contributed by atoms with E-state index in [4.69, 9.17) is 4.74 Å². The van der Waals surface area contributed by atoms with Gasteiger partial charge in [-0.25, -0.2) is 0 Å². The highest BCUT2D eigenvalue weighted by Crippen LogP contribution is 2.29. The molecule has 0 spiro atoms. The summed E-state index contributed by atoms with van der Waals surface area (Å²) in [6.45, 7) is 11.3. The first-order chi connectivity index (χ1) is 8.06. The van der Waals surface area contributed by atoms with Crippen molar-refractivity contribution in [1.29, 1.82) is 0 Å². The summed E-state index contributed by atoms with van der Waals surface area (Å²) in [5.41, 5.74) is 0.461. The number of ether oxygens (including phenoxy) is 1. The van der Waals surface area contributed by atoms with Gasteiger partial charge in [0.1, 0.15) is 0 Å². The first-order valence-corrected chi connectivity index (χ1v) is 7.41. The summed E-state index contributed by atoms with van der Waals surface area (Å²) >= 11 is 0. The highest BCUT2D eigenvalue weighted by molar-refractivity contribution is 4.77. The van der Waals surface area contributed by atoms with Crippen molar-refractivity contribution >= 4 is 0 Å². The molecule has 1 aliphatic heterocycles.